The van der Waals surface area contributed by atoms with Gasteiger partial charge in [-0.2, -0.15) is 0 Å². The van der Waals surface area contributed by atoms with Crippen molar-refractivity contribution in [1.82, 2.24) is 9.97 Å². The Morgan fingerprint density at radius 2 is 1.86 bits per heavy atom. The van der Waals surface area contributed by atoms with Crippen LogP contribution in [0.4, 0.5) is 17.3 Å². The maximum atomic E-state index is 11.9. The summed E-state index contributed by atoms with van der Waals surface area (Å²) in [6.07, 6.45) is 3.89. The van der Waals surface area contributed by atoms with Crippen molar-refractivity contribution < 1.29 is 18.3 Å². The third kappa shape index (κ3) is 5.21. The lowest BCUT2D eigenvalue weighted by Crippen LogP contribution is -2.29. The van der Waals surface area contributed by atoms with Crippen LogP contribution in [0, 0.1) is 6.92 Å². The minimum Gasteiger partial charge on any atom is -0.393 e. The zero-order valence-electron chi connectivity index (χ0n) is 16.3. The molecule has 1 heterocycles. The summed E-state index contributed by atoms with van der Waals surface area (Å²) in [5, 5.41) is 16.0. The Kier molecular flexibility index (Phi) is 6.04. The van der Waals surface area contributed by atoms with Gasteiger partial charge in [-0.05, 0) is 50.8 Å². The summed E-state index contributed by atoms with van der Waals surface area (Å²) in [4.78, 5) is 20.8. The van der Waals surface area contributed by atoms with Gasteiger partial charge in [-0.15, -0.1) is 0 Å². The molecular formula is C19H25N5O4S. The van der Waals surface area contributed by atoms with Gasteiger partial charge in [0.25, 0.3) is 5.91 Å². The van der Waals surface area contributed by atoms with Crippen LogP contribution in [0.25, 0.3) is 0 Å². The summed E-state index contributed by atoms with van der Waals surface area (Å²) in [5.74, 6) is -0.0834. The van der Waals surface area contributed by atoms with Gasteiger partial charge in [0, 0.05) is 18.0 Å². The number of nitrogens with one attached hydrogen (secondary N) is 2. The van der Waals surface area contributed by atoms with Crippen molar-refractivity contribution >= 4 is 33.1 Å². The van der Waals surface area contributed by atoms with E-state index >= 15 is 0 Å². The molecule has 0 atom stereocenters. The van der Waals surface area contributed by atoms with Gasteiger partial charge < -0.3 is 21.5 Å². The summed E-state index contributed by atoms with van der Waals surface area (Å²) >= 11 is 0. The first-order valence-corrected chi connectivity index (χ1v) is 11.2. The fourth-order valence-corrected chi connectivity index (χ4v) is 3.94. The van der Waals surface area contributed by atoms with Crippen molar-refractivity contribution in [2.45, 2.75) is 49.6 Å². The predicted molar refractivity (Wildman–Crippen MR) is 110 cm³/mol. The first-order chi connectivity index (χ1) is 13.6. The van der Waals surface area contributed by atoms with Gasteiger partial charge in [-0.3, -0.25) is 4.79 Å². The zero-order valence-corrected chi connectivity index (χ0v) is 17.2. The number of nitrogens with two attached hydrogens (primary N) is 1. The second-order valence-electron chi connectivity index (χ2n) is 7.29. The van der Waals surface area contributed by atoms with E-state index in [0.717, 1.165) is 19.1 Å². The maximum Gasteiger partial charge on any atom is 0.271 e. The van der Waals surface area contributed by atoms with Crippen molar-refractivity contribution in [3.8, 4) is 0 Å². The van der Waals surface area contributed by atoms with E-state index in [4.69, 9.17) is 5.73 Å². The minimum absolute atomic E-state index is 0.0307. The smallest absolute Gasteiger partial charge is 0.271 e. The lowest BCUT2D eigenvalue weighted by atomic mass is 9.93. The molecule has 1 aliphatic rings. The van der Waals surface area contributed by atoms with Crippen LogP contribution >= 0.6 is 0 Å². The average Bonchev–Trinajstić information content (AvgIpc) is 2.65. The van der Waals surface area contributed by atoms with E-state index < -0.39 is 15.7 Å². The molecule has 1 amide bonds. The molecule has 0 unspecified atom stereocenters. The number of aliphatic hydroxyl groups excluding tert-OH is 1. The molecule has 5 N–H and O–H groups in total. The summed E-state index contributed by atoms with van der Waals surface area (Å²) in [6.45, 7) is 1.73. The number of benzene rings is 1. The SMILES string of the molecule is Cc1nc(C(N)=O)c(Nc2cccc(S(C)(=O)=O)c2)nc1N[C@H]1CC[C@H](O)CC1. The monoisotopic (exact) mass is 419 g/mol. The number of rotatable bonds is 6. The number of aryl methyl sites for hydroxylation is 1. The van der Waals surface area contributed by atoms with Crippen molar-refractivity contribution in [2.75, 3.05) is 16.9 Å². The third-order valence-electron chi connectivity index (χ3n) is 4.87. The van der Waals surface area contributed by atoms with Crippen LogP contribution in [0.15, 0.2) is 29.2 Å². The fraction of sp³-hybridized carbons (Fsp3) is 0.421. The highest BCUT2D eigenvalue weighted by Crippen LogP contribution is 2.26. The molecule has 0 bridgehead atoms. The summed E-state index contributed by atoms with van der Waals surface area (Å²) in [5.41, 5.74) is 6.40. The van der Waals surface area contributed by atoms with Gasteiger partial charge in [0.15, 0.2) is 21.3 Å². The van der Waals surface area contributed by atoms with Gasteiger partial charge in [0.05, 0.1) is 16.7 Å². The van der Waals surface area contributed by atoms with Gasteiger partial charge in [-0.25, -0.2) is 18.4 Å². The van der Waals surface area contributed by atoms with Crippen LogP contribution in [0.5, 0.6) is 0 Å². The van der Waals surface area contributed by atoms with Crippen LogP contribution in [0.2, 0.25) is 0 Å². The van der Waals surface area contributed by atoms with E-state index in [2.05, 4.69) is 20.6 Å². The van der Waals surface area contributed by atoms with Crippen molar-refractivity contribution in [3.63, 3.8) is 0 Å². The van der Waals surface area contributed by atoms with Crippen LogP contribution in [-0.2, 0) is 9.84 Å². The summed E-state index contributed by atoms with van der Waals surface area (Å²) in [6, 6.07) is 6.35. The topological polar surface area (TPSA) is 147 Å². The molecule has 156 valence electrons. The predicted octanol–water partition coefficient (Wildman–Crippen LogP) is 1.75. The summed E-state index contributed by atoms with van der Waals surface area (Å²) < 4.78 is 23.6. The molecule has 10 heteroatoms. The molecule has 1 saturated carbocycles. The number of hydrogen-bond acceptors (Lipinski definition) is 8. The highest BCUT2D eigenvalue weighted by atomic mass is 32.2. The molecule has 1 aromatic heterocycles. The van der Waals surface area contributed by atoms with E-state index in [1.807, 2.05) is 0 Å². The Bertz CT molecular complexity index is 1020. The Hall–Kier alpha value is -2.72. The number of primary amides is 1. The lowest BCUT2D eigenvalue weighted by molar-refractivity contribution is 0.0996. The van der Waals surface area contributed by atoms with Gasteiger partial charge in [0.1, 0.15) is 5.82 Å². The lowest BCUT2D eigenvalue weighted by Gasteiger charge is -2.27. The van der Waals surface area contributed by atoms with E-state index in [-0.39, 0.29) is 28.6 Å². The van der Waals surface area contributed by atoms with Crippen LogP contribution in [0.1, 0.15) is 41.9 Å². The average molecular weight is 420 g/mol. The number of sulfone groups is 1. The number of hydrogen-bond donors (Lipinski definition) is 4. The van der Waals surface area contributed by atoms with Crippen molar-refractivity contribution in [3.05, 3.63) is 35.7 Å². The molecule has 0 saturated heterocycles. The fourth-order valence-electron chi connectivity index (χ4n) is 3.27. The normalized spacial score (nSPS) is 19.6. The Balaban J connectivity index is 1.91. The van der Waals surface area contributed by atoms with Crippen molar-refractivity contribution in [2.24, 2.45) is 5.73 Å². The van der Waals surface area contributed by atoms with Crippen molar-refractivity contribution in [1.29, 1.82) is 0 Å². The first kappa shape index (κ1) is 21.0. The second-order valence-corrected chi connectivity index (χ2v) is 9.31. The largest absolute Gasteiger partial charge is 0.393 e. The van der Waals surface area contributed by atoms with Crippen LogP contribution in [0.3, 0.4) is 0 Å². The molecule has 0 radical (unpaired) electrons. The quantitative estimate of drug-likeness (QED) is 0.553. The molecule has 9 nitrogen and oxygen atoms in total. The number of amides is 1. The molecule has 29 heavy (non-hydrogen) atoms. The van der Waals surface area contributed by atoms with E-state index in [1.165, 1.54) is 12.1 Å². The Labute approximate surface area is 169 Å². The molecular weight excluding hydrogens is 394 g/mol. The number of carbonyl (C=O) groups excluding carboxylic acids is 1. The van der Waals surface area contributed by atoms with Gasteiger partial charge in [0.2, 0.25) is 0 Å². The molecule has 1 fully saturated rings. The van der Waals surface area contributed by atoms with E-state index in [9.17, 15) is 18.3 Å². The third-order valence-corrected chi connectivity index (χ3v) is 5.98. The molecule has 0 aliphatic heterocycles. The van der Waals surface area contributed by atoms with E-state index in [0.29, 0.717) is 30.0 Å². The van der Waals surface area contributed by atoms with E-state index in [1.54, 1.807) is 19.1 Å². The molecule has 2 aromatic rings. The first-order valence-electron chi connectivity index (χ1n) is 9.33. The number of aliphatic hydroxyl groups is 1. The molecule has 1 aromatic carbocycles. The highest BCUT2D eigenvalue weighted by molar-refractivity contribution is 7.90. The van der Waals surface area contributed by atoms with Gasteiger partial charge in [-0.1, -0.05) is 6.07 Å². The molecule has 3 rings (SSSR count). The zero-order chi connectivity index (χ0) is 21.2. The summed E-state index contributed by atoms with van der Waals surface area (Å²) in [7, 11) is -3.38. The second kappa shape index (κ2) is 8.34. The van der Waals surface area contributed by atoms with Crippen LogP contribution < -0.4 is 16.4 Å². The number of anilines is 3. The number of nitrogens with zero attached hydrogens (tertiary/aromatic N) is 2. The standard InChI is InChI=1S/C19H25N5O4S/c1-11-18(22-12-6-8-14(25)9-7-12)24-19(16(21-11)17(20)26)23-13-4-3-5-15(10-13)29(2,27)28/h3-5,10,12,14,25H,6-9H2,1-2H3,(H2,20,26)(H2,22,23,24)/t12-,14-. The minimum atomic E-state index is -3.38. The molecule has 0 spiro atoms. The number of aromatic nitrogens is 2. The Morgan fingerprint density at radius 1 is 1.17 bits per heavy atom. The highest BCUT2D eigenvalue weighted by Gasteiger charge is 2.22. The maximum absolute atomic E-state index is 11.9. The number of carbonyl (C=O) groups is 1. The van der Waals surface area contributed by atoms with Gasteiger partial charge >= 0.3 is 0 Å². The molecule has 1 aliphatic carbocycles. The van der Waals surface area contributed by atoms with Crippen LogP contribution in [-0.4, -0.2) is 47.8 Å². The Morgan fingerprint density at radius 3 is 2.48 bits per heavy atom.